The van der Waals surface area contributed by atoms with E-state index in [1.807, 2.05) is 0 Å². The van der Waals surface area contributed by atoms with Crippen LogP contribution < -0.4 is 5.32 Å². The zero-order chi connectivity index (χ0) is 19.5. The van der Waals surface area contributed by atoms with E-state index in [9.17, 15) is 13.6 Å². The van der Waals surface area contributed by atoms with Crippen LogP contribution in [0.5, 0.6) is 0 Å². The van der Waals surface area contributed by atoms with Crippen LogP contribution >= 0.6 is 0 Å². The van der Waals surface area contributed by atoms with Crippen LogP contribution in [0, 0.1) is 11.6 Å². The number of halogens is 2. The van der Waals surface area contributed by atoms with Crippen LogP contribution in [0.15, 0.2) is 28.8 Å². The predicted octanol–water partition coefficient (Wildman–Crippen LogP) is 4.15. The molecule has 1 aromatic carbocycles. The molecule has 1 amide bonds. The van der Waals surface area contributed by atoms with Crippen molar-refractivity contribution in [1.29, 1.82) is 0 Å². The van der Waals surface area contributed by atoms with Gasteiger partial charge in [-0.15, -0.1) is 0 Å². The van der Waals surface area contributed by atoms with E-state index in [2.05, 4.69) is 15.4 Å². The normalized spacial score (nSPS) is 19.6. The zero-order valence-electron chi connectivity index (χ0n) is 15.8. The number of nitrogens with one attached hydrogen (secondary N) is 1. The van der Waals surface area contributed by atoms with Gasteiger partial charge in [0.25, 0.3) is 5.91 Å². The highest BCUT2D eigenvalue weighted by atomic mass is 19.1. The molecule has 1 aliphatic heterocycles. The lowest BCUT2D eigenvalue weighted by atomic mass is 9.92. The van der Waals surface area contributed by atoms with Gasteiger partial charge in [0, 0.05) is 42.9 Å². The SMILES string of the molecule is O=C(NC1CCN(C2CCCCC2)CC1)c1cc(-c2ccc(F)cc2F)no1. The number of benzene rings is 1. The maximum Gasteiger partial charge on any atom is 0.290 e. The van der Waals surface area contributed by atoms with Gasteiger partial charge >= 0.3 is 0 Å². The minimum absolute atomic E-state index is 0.0356. The molecule has 2 heterocycles. The van der Waals surface area contributed by atoms with Crippen LogP contribution in [0.1, 0.15) is 55.5 Å². The summed E-state index contributed by atoms with van der Waals surface area (Å²) in [6, 6.07) is 5.40. The van der Waals surface area contributed by atoms with Crippen LogP contribution in [0.25, 0.3) is 11.3 Å². The first-order valence-electron chi connectivity index (χ1n) is 10.1. The molecule has 0 bridgehead atoms. The van der Waals surface area contributed by atoms with Crippen LogP contribution in [-0.4, -0.2) is 41.1 Å². The highest BCUT2D eigenvalue weighted by molar-refractivity contribution is 5.92. The Balaban J connectivity index is 1.33. The molecule has 2 fully saturated rings. The fraction of sp³-hybridized carbons (Fsp3) is 0.524. The van der Waals surface area contributed by atoms with E-state index in [0.29, 0.717) is 6.04 Å². The second-order valence-corrected chi connectivity index (χ2v) is 7.78. The van der Waals surface area contributed by atoms with E-state index in [4.69, 9.17) is 4.52 Å². The molecule has 28 heavy (non-hydrogen) atoms. The predicted molar refractivity (Wildman–Crippen MR) is 101 cm³/mol. The van der Waals surface area contributed by atoms with Gasteiger partial charge in [0.2, 0.25) is 5.76 Å². The number of carbonyl (C=O) groups excluding carboxylic acids is 1. The summed E-state index contributed by atoms with van der Waals surface area (Å²) in [4.78, 5) is 15.0. The minimum Gasteiger partial charge on any atom is -0.350 e. The highest BCUT2D eigenvalue weighted by Gasteiger charge is 2.27. The summed E-state index contributed by atoms with van der Waals surface area (Å²) in [6.45, 7) is 2.00. The van der Waals surface area contributed by atoms with Crippen molar-refractivity contribution in [3.63, 3.8) is 0 Å². The molecule has 1 saturated carbocycles. The van der Waals surface area contributed by atoms with Crippen molar-refractivity contribution in [1.82, 2.24) is 15.4 Å². The van der Waals surface area contributed by atoms with E-state index < -0.39 is 11.6 Å². The Morgan fingerprint density at radius 3 is 2.54 bits per heavy atom. The van der Waals surface area contributed by atoms with Gasteiger partial charge in [0.15, 0.2) is 0 Å². The summed E-state index contributed by atoms with van der Waals surface area (Å²) in [7, 11) is 0. The first-order valence-corrected chi connectivity index (χ1v) is 10.1. The van der Waals surface area contributed by atoms with Gasteiger partial charge in [-0.05, 0) is 37.8 Å². The third-order valence-corrected chi connectivity index (χ3v) is 5.90. The molecular formula is C21H25F2N3O2. The first kappa shape index (κ1) is 19.1. The standard InChI is InChI=1S/C21H25F2N3O2/c22-14-6-7-17(18(23)12-14)19-13-20(28-25-19)21(27)24-15-8-10-26(11-9-15)16-4-2-1-3-5-16/h6-7,12-13,15-16H,1-5,8-11H2,(H,24,27). The number of hydrogen-bond donors (Lipinski definition) is 1. The van der Waals surface area contributed by atoms with Crippen molar-refractivity contribution in [2.45, 2.75) is 57.0 Å². The van der Waals surface area contributed by atoms with Crippen molar-refractivity contribution in [2.75, 3.05) is 13.1 Å². The summed E-state index contributed by atoms with van der Waals surface area (Å²) >= 11 is 0. The van der Waals surface area contributed by atoms with Gasteiger partial charge in [0.1, 0.15) is 17.3 Å². The molecule has 1 aromatic heterocycles. The van der Waals surface area contributed by atoms with Crippen molar-refractivity contribution >= 4 is 5.91 Å². The molecule has 0 unspecified atom stereocenters. The van der Waals surface area contributed by atoms with Crippen LogP contribution in [0.4, 0.5) is 8.78 Å². The number of likely N-dealkylation sites (tertiary alicyclic amines) is 1. The third-order valence-electron chi connectivity index (χ3n) is 5.90. The molecule has 5 nitrogen and oxygen atoms in total. The Morgan fingerprint density at radius 2 is 1.82 bits per heavy atom. The molecule has 1 saturated heterocycles. The summed E-state index contributed by atoms with van der Waals surface area (Å²) < 4.78 is 32.0. The number of carbonyl (C=O) groups is 1. The number of amides is 1. The summed E-state index contributed by atoms with van der Waals surface area (Å²) in [6.07, 6.45) is 8.40. The topological polar surface area (TPSA) is 58.4 Å². The molecule has 0 radical (unpaired) electrons. The fourth-order valence-electron chi connectivity index (χ4n) is 4.32. The molecule has 0 atom stereocenters. The quantitative estimate of drug-likeness (QED) is 0.854. The summed E-state index contributed by atoms with van der Waals surface area (Å²) in [5.41, 5.74) is 0.278. The van der Waals surface area contributed by atoms with E-state index in [1.165, 1.54) is 44.2 Å². The largest absolute Gasteiger partial charge is 0.350 e. The van der Waals surface area contributed by atoms with Crippen LogP contribution in [0.3, 0.4) is 0 Å². The number of piperidine rings is 1. The monoisotopic (exact) mass is 389 g/mol. The van der Waals surface area contributed by atoms with Crippen LogP contribution in [0.2, 0.25) is 0 Å². The molecule has 1 N–H and O–H groups in total. The smallest absolute Gasteiger partial charge is 0.290 e. The Kier molecular flexibility index (Phi) is 5.71. The molecule has 0 spiro atoms. The molecule has 1 aliphatic carbocycles. The Morgan fingerprint density at radius 1 is 1.07 bits per heavy atom. The number of aromatic nitrogens is 1. The van der Waals surface area contributed by atoms with Crippen molar-refractivity contribution in [2.24, 2.45) is 0 Å². The lowest BCUT2D eigenvalue weighted by Gasteiger charge is -2.39. The van der Waals surface area contributed by atoms with Gasteiger partial charge < -0.3 is 14.7 Å². The molecule has 4 rings (SSSR count). The van der Waals surface area contributed by atoms with Gasteiger partial charge in [-0.25, -0.2) is 8.78 Å². The molecule has 150 valence electrons. The maximum absolute atomic E-state index is 13.9. The highest BCUT2D eigenvalue weighted by Crippen LogP contribution is 2.26. The number of rotatable bonds is 4. The lowest BCUT2D eigenvalue weighted by Crippen LogP contribution is -2.48. The number of nitrogens with zero attached hydrogens (tertiary/aromatic N) is 2. The maximum atomic E-state index is 13.9. The van der Waals surface area contributed by atoms with Crippen molar-refractivity contribution in [3.8, 4) is 11.3 Å². The van der Waals surface area contributed by atoms with Crippen molar-refractivity contribution < 1.29 is 18.1 Å². The molecule has 2 aliphatic rings. The minimum atomic E-state index is -0.740. The van der Waals surface area contributed by atoms with Gasteiger partial charge in [0.05, 0.1) is 0 Å². The van der Waals surface area contributed by atoms with Crippen LogP contribution in [-0.2, 0) is 0 Å². The van der Waals surface area contributed by atoms with Gasteiger partial charge in [-0.1, -0.05) is 24.4 Å². The average Bonchev–Trinajstić information content (AvgIpc) is 3.19. The lowest BCUT2D eigenvalue weighted by molar-refractivity contribution is 0.0832. The van der Waals surface area contributed by atoms with Gasteiger partial charge in [-0.2, -0.15) is 0 Å². The van der Waals surface area contributed by atoms with E-state index in [1.54, 1.807) is 0 Å². The molecular weight excluding hydrogens is 364 g/mol. The Bertz CT molecular complexity index is 825. The molecule has 7 heteroatoms. The molecule has 2 aromatic rings. The second-order valence-electron chi connectivity index (χ2n) is 7.78. The Labute approximate surface area is 163 Å². The zero-order valence-corrected chi connectivity index (χ0v) is 15.8. The first-order chi connectivity index (χ1) is 13.6. The summed E-state index contributed by atoms with van der Waals surface area (Å²) in [5, 5.41) is 6.75. The van der Waals surface area contributed by atoms with Gasteiger partial charge in [-0.3, -0.25) is 4.79 Å². The average molecular weight is 389 g/mol. The fourth-order valence-corrected chi connectivity index (χ4v) is 4.32. The third kappa shape index (κ3) is 4.24. The van der Waals surface area contributed by atoms with E-state index >= 15 is 0 Å². The number of hydrogen-bond acceptors (Lipinski definition) is 4. The van der Waals surface area contributed by atoms with E-state index in [0.717, 1.165) is 38.1 Å². The second kappa shape index (κ2) is 8.39. The van der Waals surface area contributed by atoms with Crippen molar-refractivity contribution in [3.05, 3.63) is 41.7 Å². The van der Waals surface area contributed by atoms with E-state index in [-0.39, 0.29) is 29.0 Å². The Hall–Kier alpha value is -2.28. The summed E-state index contributed by atoms with van der Waals surface area (Å²) in [5.74, 6) is -1.72.